The van der Waals surface area contributed by atoms with Crippen molar-refractivity contribution < 1.29 is 4.79 Å². The largest absolute Gasteiger partial charge is 0.289 e. The van der Waals surface area contributed by atoms with Gasteiger partial charge in [0.2, 0.25) is 0 Å². The molecule has 19 heavy (non-hydrogen) atoms. The lowest BCUT2D eigenvalue weighted by Gasteiger charge is -2.03. The highest BCUT2D eigenvalue weighted by molar-refractivity contribution is 6.43. The number of ketones is 1. The Kier molecular flexibility index (Phi) is 3.44. The lowest BCUT2D eigenvalue weighted by atomic mass is 10.0. The molecule has 1 aromatic rings. The Labute approximate surface area is 120 Å². The number of halogens is 2. The van der Waals surface area contributed by atoms with E-state index >= 15 is 0 Å². The lowest BCUT2D eigenvalue weighted by molar-refractivity contribution is 0.104. The molecule has 0 bridgehead atoms. The molecule has 1 aliphatic carbocycles. The summed E-state index contributed by atoms with van der Waals surface area (Å²) < 4.78 is 0. The third-order valence-electron chi connectivity index (χ3n) is 2.83. The van der Waals surface area contributed by atoms with E-state index in [-0.39, 0.29) is 21.5 Å². The maximum atomic E-state index is 12.2. The summed E-state index contributed by atoms with van der Waals surface area (Å²) in [5, 5.41) is 9.57. The maximum absolute atomic E-state index is 12.2. The van der Waals surface area contributed by atoms with E-state index in [4.69, 9.17) is 35.0 Å². The number of benzene rings is 1. The first-order valence-corrected chi connectivity index (χ1v) is 6.03. The van der Waals surface area contributed by atoms with Crippen molar-refractivity contribution in [1.29, 1.82) is 5.26 Å². The van der Waals surface area contributed by atoms with Gasteiger partial charge in [0.25, 0.3) is 5.70 Å². The molecule has 0 radical (unpaired) electrons. The van der Waals surface area contributed by atoms with Crippen LogP contribution in [0.4, 0.5) is 0 Å². The van der Waals surface area contributed by atoms with Gasteiger partial charge in [-0.15, -0.1) is 0 Å². The van der Waals surface area contributed by atoms with Crippen molar-refractivity contribution in [2.45, 2.75) is 6.92 Å². The van der Waals surface area contributed by atoms with Crippen LogP contribution >= 0.6 is 23.2 Å². The highest BCUT2D eigenvalue weighted by Gasteiger charge is 2.32. The molecule has 0 aliphatic heterocycles. The molecule has 1 aromatic carbocycles. The molecule has 0 heterocycles. The van der Waals surface area contributed by atoms with Gasteiger partial charge in [-0.1, -0.05) is 29.3 Å². The lowest BCUT2D eigenvalue weighted by Crippen LogP contribution is -1.95. The Morgan fingerprint density at radius 3 is 2.42 bits per heavy atom. The van der Waals surface area contributed by atoms with Crippen LogP contribution in [0.5, 0.6) is 0 Å². The third kappa shape index (κ3) is 1.94. The second-order valence-corrected chi connectivity index (χ2v) is 4.60. The van der Waals surface area contributed by atoms with Gasteiger partial charge in [0.1, 0.15) is 0 Å². The van der Waals surface area contributed by atoms with Crippen molar-refractivity contribution >= 4 is 34.6 Å². The first-order valence-electron chi connectivity index (χ1n) is 5.27. The number of hydrogen-bond donors (Lipinski definition) is 0. The first kappa shape index (κ1) is 13.4. The molecule has 1 aliphatic rings. The summed E-state index contributed by atoms with van der Waals surface area (Å²) in [5.41, 5.74) is 1.40. The van der Waals surface area contributed by atoms with Crippen molar-refractivity contribution in [3.63, 3.8) is 0 Å². The minimum absolute atomic E-state index is 0.126. The van der Waals surface area contributed by atoms with Crippen LogP contribution in [0.15, 0.2) is 29.5 Å². The Morgan fingerprint density at radius 1 is 1.37 bits per heavy atom. The van der Waals surface area contributed by atoms with Crippen LogP contribution in [-0.2, 0) is 0 Å². The topological polar surface area (TPSA) is 45.2 Å². The Hall–Kier alpha value is -2.07. The summed E-state index contributed by atoms with van der Waals surface area (Å²) in [6, 6.07) is 4.80. The summed E-state index contributed by atoms with van der Waals surface area (Å²) in [6.45, 7) is 8.72. The molecular formula is C14H6Cl2N2O. The first-order chi connectivity index (χ1) is 9.04. The zero-order valence-electron chi connectivity index (χ0n) is 9.79. The van der Waals surface area contributed by atoms with E-state index in [9.17, 15) is 4.79 Å². The van der Waals surface area contributed by atoms with E-state index in [2.05, 4.69) is 4.85 Å². The number of carbonyl (C=O) groups is 1. The zero-order chi connectivity index (χ0) is 14.2. The zero-order valence-corrected chi connectivity index (χ0v) is 11.3. The number of allylic oxidation sites excluding steroid dienone is 4. The predicted molar refractivity (Wildman–Crippen MR) is 73.7 cm³/mol. The molecule has 3 nitrogen and oxygen atoms in total. The second-order valence-electron chi connectivity index (χ2n) is 3.79. The standard InChI is InChI=1S/C14H6Cl2N2O/c1-3-7-13(12(6-17)18-2)8-4-10(15)11(16)5-9(8)14(7)19/h3-5H,1H3/b7-3-,13-12?. The molecule has 92 valence electrons. The van der Waals surface area contributed by atoms with E-state index in [1.54, 1.807) is 13.0 Å². The predicted octanol–water partition coefficient (Wildman–Crippen LogP) is 4.29. The molecule has 0 spiro atoms. The minimum Gasteiger partial charge on any atom is -0.289 e. The summed E-state index contributed by atoms with van der Waals surface area (Å²) in [5.74, 6) is -0.248. The average molecular weight is 289 g/mol. The van der Waals surface area contributed by atoms with Gasteiger partial charge in [-0.25, -0.2) is 10.1 Å². The van der Waals surface area contributed by atoms with Crippen molar-refractivity contribution in [2.24, 2.45) is 0 Å². The third-order valence-corrected chi connectivity index (χ3v) is 3.55. The van der Waals surface area contributed by atoms with Crippen LogP contribution in [0.2, 0.25) is 10.0 Å². The normalized spacial score (nSPS) is 17.9. The van der Waals surface area contributed by atoms with Crippen LogP contribution in [0.25, 0.3) is 10.4 Å². The van der Waals surface area contributed by atoms with Crippen molar-refractivity contribution in [2.75, 3.05) is 0 Å². The Bertz CT molecular complexity index is 730. The highest BCUT2D eigenvalue weighted by atomic mass is 35.5. The van der Waals surface area contributed by atoms with Gasteiger partial charge >= 0.3 is 0 Å². The second kappa shape index (κ2) is 4.90. The number of fused-ring (bicyclic) bond motifs is 1. The Morgan fingerprint density at radius 2 is 1.95 bits per heavy atom. The van der Waals surface area contributed by atoms with Gasteiger partial charge in [0.05, 0.1) is 22.7 Å². The molecule has 0 atom stereocenters. The summed E-state index contributed by atoms with van der Waals surface area (Å²) >= 11 is 11.8. The van der Waals surface area contributed by atoms with Crippen molar-refractivity contribution in [1.82, 2.24) is 0 Å². The summed E-state index contributed by atoms with van der Waals surface area (Å²) in [7, 11) is 0. The fraction of sp³-hybridized carbons (Fsp3) is 0.0714. The van der Waals surface area contributed by atoms with E-state index < -0.39 is 0 Å². The monoisotopic (exact) mass is 288 g/mol. The van der Waals surface area contributed by atoms with Crippen LogP contribution < -0.4 is 0 Å². The van der Waals surface area contributed by atoms with Gasteiger partial charge in [-0.3, -0.25) is 4.79 Å². The van der Waals surface area contributed by atoms with Gasteiger partial charge < -0.3 is 0 Å². The van der Waals surface area contributed by atoms with E-state index in [1.165, 1.54) is 12.1 Å². The molecule has 0 saturated carbocycles. The van der Waals surface area contributed by atoms with Crippen molar-refractivity contribution in [3.05, 3.63) is 62.1 Å². The molecule has 2 rings (SSSR count). The molecule has 0 amide bonds. The number of rotatable bonds is 0. The fourth-order valence-electron chi connectivity index (χ4n) is 2.01. The minimum atomic E-state index is -0.248. The van der Waals surface area contributed by atoms with E-state index in [0.29, 0.717) is 22.3 Å². The number of Topliss-reactive ketones (excluding diaryl/α,β-unsaturated/α-hetero) is 1. The Balaban J connectivity index is 2.91. The number of nitrogens with zero attached hydrogens (tertiary/aromatic N) is 2. The molecular weight excluding hydrogens is 283 g/mol. The van der Waals surface area contributed by atoms with Crippen LogP contribution in [0, 0.1) is 17.9 Å². The van der Waals surface area contributed by atoms with Gasteiger partial charge in [0, 0.05) is 16.7 Å². The van der Waals surface area contributed by atoms with Crippen LogP contribution in [0.3, 0.4) is 0 Å². The number of hydrogen-bond acceptors (Lipinski definition) is 2. The smallest absolute Gasteiger partial charge is 0.270 e. The van der Waals surface area contributed by atoms with Crippen LogP contribution in [0.1, 0.15) is 22.8 Å². The number of carbonyl (C=O) groups excluding carboxylic acids is 1. The number of nitriles is 1. The van der Waals surface area contributed by atoms with Crippen molar-refractivity contribution in [3.8, 4) is 6.07 Å². The summed E-state index contributed by atoms with van der Waals surface area (Å²) in [4.78, 5) is 15.4. The molecule has 0 saturated heterocycles. The molecule has 0 unspecified atom stereocenters. The fourth-order valence-corrected chi connectivity index (χ4v) is 2.34. The molecule has 0 N–H and O–H groups in total. The van der Waals surface area contributed by atoms with Gasteiger partial charge in [-0.05, 0) is 24.6 Å². The van der Waals surface area contributed by atoms with E-state index in [1.807, 2.05) is 6.07 Å². The van der Waals surface area contributed by atoms with Gasteiger partial charge in [0.15, 0.2) is 5.78 Å². The molecule has 0 fully saturated rings. The highest BCUT2D eigenvalue weighted by Crippen LogP contribution is 2.42. The van der Waals surface area contributed by atoms with E-state index in [0.717, 1.165) is 0 Å². The average Bonchev–Trinajstić information content (AvgIpc) is 2.65. The van der Waals surface area contributed by atoms with Gasteiger partial charge in [-0.2, -0.15) is 0 Å². The molecule has 5 heteroatoms. The molecule has 0 aromatic heterocycles. The summed E-state index contributed by atoms with van der Waals surface area (Å²) in [6.07, 6.45) is 1.59. The maximum Gasteiger partial charge on any atom is 0.270 e. The SMILES string of the molecule is [C-]#[N+]C(C#N)=C1/C(=C/C)C(=O)c2cc(Cl)c(Cl)cc21. The quantitative estimate of drug-likeness (QED) is 0.406. The van der Waals surface area contributed by atoms with Crippen LogP contribution in [-0.4, -0.2) is 5.78 Å².